The van der Waals surface area contributed by atoms with E-state index < -0.39 is 0 Å². The first kappa shape index (κ1) is 9.73. The van der Waals surface area contributed by atoms with Gasteiger partial charge in [0.15, 0.2) is 0 Å². The molecule has 1 aromatic heterocycles. The highest BCUT2D eigenvalue weighted by Crippen LogP contribution is 2.35. The number of aromatic nitrogens is 2. The molecule has 0 aliphatic heterocycles. The van der Waals surface area contributed by atoms with E-state index in [9.17, 15) is 5.11 Å². The molecular formula is C9H6Br2N2O. The minimum absolute atomic E-state index is 0.195. The van der Waals surface area contributed by atoms with Crippen LogP contribution in [-0.2, 0) is 0 Å². The van der Waals surface area contributed by atoms with E-state index in [2.05, 4.69) is 41.8 Å². The predicted octanol–water partition coefficient (Wildman–Crippen LogP) is 3.31. The minimum atomic E-state index is 0.195. The van der Waals surface area contributed by atoms with E-state index in [1.165, 1.54) is 0 Å². The van der Waals surface area contributed by atoms with Gasteiger partial charge in [-0.25, -0.2) is 4.98 Å². The molecular weight excluding hydrogens is 312 g/mol. The Labute approximate surface area is 97.4 Å². The molecule has 5 heteroatoms. The third-order valence-electron chi connectivity index (χ3n) is 1.79. The van der Waals surface area contributed by atoms with Crippen LogP contribution in [0, 0.1) is 0 Å². The zero-order valence-electron chi connectivity index (χ0n) is 6.96. The first-order chi connectivity index (χ1) is 6.68. The molecule has 0 atom stereocenters. The van der Waals surface area contributed by atoms with Gasteiger partial charge in [-0.3, -0.25) is 0 Å². The minimum Gasteiger partial charge on any atom is -0.506 e. The molecule has 72 valence electrons. The molecule has 2 N–H and O–H groups in total. The number of hydrogen-bond donors (Lipinski definition) is 2. The summed E-state index contributed by atoms with van der Waals surface area (Å²) in [5, 5.41) is 9.50. The van der Waals surface area contributed by atoms with Crippen LogP contribution in [0.15, 0.2) is 33.5 Å². The van der Waals surface area contributed by atoms with Crippen molar-refractivity contribution in [2.75, 3.05) is 0 Å². The predicted molar refractivity (Wildman–Crippen MR) is 61.1 cm³/mol. The Bertz CT molecular complexity index is 431. The fourth-order valence-corrected chi connectivity index (χ4v) is 2.31. The topological polar surface area (TPSA) is 48.9 Å². The Morgan fingerprint density at radius 1 is 1.21 bits per heavy atom. The van der Waals surface area contributed by atoms with Gasteiger partial charge >= 0.3 is 0 Å². The second-order valence-electron chi connectivity index (χ2n) is 2.73. The van der Waals surface area contributed by atoms with E-state index in [0.717, 1.165) is 11.4 Å². The number of nitrogens with zero attached hydrogens (tertiary/aromatic N) is 1. The Hall–Kier alpha value is -0.810. The fraction of sp³-hybridized carbons (Fsp3) is 0. The van der Waals surface area contributed by atoms with Crippen LogP contribution in [0.4, 0.5) is 0 Å². The fourth-order valence-electron chi connectivity index (χ4n) is 1.13. The van der Waals surface area contributed by atoms with Crippen molar-refractivity contribution in [3.05, 3.63) is 33.5 Å². The summed E-state index contributed by atoms with van der Waals surface area (Å²) >= 11 is 6.52. The van der Waals surface area contributed by atoms with Crippen molar-refractivity contribution in [1.29, 1.82) is 0 Å². The lowest BCUT2D eigenvalue weighted by atomic mass is 10.2. The van der Waals surface area contributed by atoms with E-state index in [1.807, 2.05) is 0 Å². The summed E-state index contributed by atoms with van der Waals surface area (Å²) in [6.07, 6.45) is 3.44. The van der Waals surface area contributed by atoms with Crippen molar-refractivity contribution in [1.82, 2.24) is 9.97 Å². The van der Waals surface area contributed by atoms with Crippen LogP contribution in [0.1, 0.15) is 0 Å². The zero-order chi connectivity index (χ0) is 10.1. The monoisotopic (exact) mass is 316 g/mol. The largest absolute Gasteiger partial charge is 0.506 e. The van der Waals surface area contributed by atoms with E-state index in [0.29, 0.717) is 8.95 Å². The van der Waals surface area contributed by atoms with Crippen LogP contribution in [0.2, 0.25) is 0 Å². The molecule has 0 radical (unpaired) electrons. The maximum atomic E-state index is 9.50. The quantitative estimate of drug-likeness (QED) is 0.847. The summed E-state index contributed by atoms with van der Waals surface area (Å²) in [5.74, 6) is 0.965. The second-order valence-corrected chi connectivity index (χ2v) is 4.43. The van der Waals surface area contributed by atoms with Gasteiger partial charge in [0, 0.05) is 18.0 Å². The van der Waals surface area contributed by atoms with Crippen LogP contribution >= 0.6 is 31.9 Å². The summed E-state index contributed by atoms with van der Waals surface area (Å²) in [6.45, 7) is 0. The van der Waals surface area contributed by atoms with Gasteiger partial charge < -0.3 is 10.1 Å². The molecule has 2 aromatic rings. The number of hydrogen-bond acceptors (Lipinski definition) is 2. The Morgan fingerprint density at radius 2 is 1.86 bits per heavy atom. The normalized spacial score (nSPS) is 10.4. The number of phenolic OH excluding ortho intramolecular Hbond substituents is 1. The molecule has 1 heterocycles. The summed E-state index contributed by atoms with van der Waals surface area (Å²) in [5.41, 5.74) is 0.909. The van der Waals surface area contributed by atoms with E-state index >= 15 is 0 Å². The number of phenols is 1. The van der Waals surface area contributed by atoms with Gasteiger partial charge in [0.2, 0.25) is 0 Å². The van der Waals surface area contributed by atoms with Crippen LogP contribution in [0.25, 0.3) is 11.4 Å². The summed E-state index contributed by atoms with van der Waals surface area (Å²) in [6, 6.07) is 3.61. The molecule has 0 saturated carbocycles. The highest BCUT2D eigenvalue weighted by Gasteiger charge is 2.08. The average molecular weight is 318 g/mol. The standard InChI is InChI=1S/C9H6Br2N2O/c10-6-3-5(4-7(11)8(6)14)9-12-1-2-13-9/h1-4,14H,(H,12,13). The Balaban J connectivity index is 2.57. The molecule has 0 aliphatic carbocycles. The maximum Gasteiger partial charge on any atom is 0.143 e. The Morgan fingerprint density at radius 3 is 2.36 bits per heavy atom. The number of benzene rings is 1. The van der Waals surface area contributed by atoms with Crippen molar-refractivity contribution < 1.29 is 5.11 Å². The number of imidazole rings is 1. The van der Waals surface area contributed by atoms with Gasteiger partial charge in [-0.2, -0.15) is 0 Å². The molecule has 14 heavy (non-hydrogen) atoms. The van der Waals surface area contributed by atoms with Crippen molar-refractivity contribution in [2.24, 2.45) is 0 Å². The zero-order valence-corrected chi connectivity index (χ0v) is 10.1. The Kier molecular flexibility index (Phi) is 2.60. The molecule has 0 saturated heterocycles. The van der Waals surface area contributed by atoms with Crippen LogP contribution in [0.3, 0.4) is 0 Å². The van der Waals surface area contributed by atoms with E-state index in [-0.39, 0.29) is 5.75 Å². The number of nitrogens with one attached hydrogen (secondary N) is 1. The average Bonchev–Trinajstić information content (AvgIpc) is 2.66. The molecule has 0 bridgehead atoms. The molecule has 0 spiro atoms. The third kappa shape index (κ3) is 1.69. The molecule has 3 nitrogen and oxygen atoms in total. The SMILES string of the molecule is Oc1c(Br)cc(-c2ncc[nH]2)cc1Br. The second kappa shape index (κ2) is 3.74. The lowest BCUT2D eigenvalue weighted by Crippen LogP contribution is -1.82. The van der Waals surface area contributed by atoms with Gasteiger partial charge in [-0.15, -0.1) is 0 Å². The van der Waals surface area contributed by atoms with Crippen molar-refractivity contribution in [3.63, 3.8) is 0 Å². The first-order valence-corrected chi connectivity index (χ1v) is 5.45. The number of aromatic hydroxyl groups is 1. The van der Waals surface area contributed by atoms with Gasteiger partial charge in [0.05, 0.1) is 8.95 Å². The molecule has 0 unspecified atom stereocenters. The highest BCUT2D eigenvalue weighted by molar-refractivity contribution is 9.11. The number of aromatic amines is 1. The molecule has 0 amide bonds. The van der Waals surface area contributed by atoms with Crippen molar-refractivity contribution in [3.8, 4) is 17.1 Å². The van der Waals surface area contributed by atoms with Crippen LogP contribution in [0.5, 0.6) is 5.75 Å². The first-order valence-electron chi connectivity index (χ1n) is 3.86. The molecule has 1 aromatic carbocycles. The van der Waals surface area contributed by atoms with Crippen molar-refractivity contribution in [2.45, 2.75) is 0 Å². The summed E-state index contributed by atoms with van der Waals surface area (Å²) in [4.78, 5) is 7.11. The van der Waals surface area contributed by atoms with Crippen molar-refractivity contribution >= 4 is 31.9 Å². The van der Waals surface area contributed by atoms with Gasteiger partial charge in [-0.1, -0.05) is 0 Å². The van der Waals surface area contributed by atoms with Gasteiger partial charge in [0.1, 0.15) is 11.6 Å². The van der Waals surface area contributed by atoms with E-state index in [1.54, 1.807) is 24.5 Å². The van der Waals surface area contributed by atoms with Gasteiger partial charge in [0.25, 0.3) is 0 Å². The lowest BCUT2D eigenvalue weighted by Gasteiger charge is -2.03. The maximum absolute atomic E-state index is 9.50. The molecule has 0 fully saturated rings. The lowest BCUT2D eigenvalue weighted by molar-refractivity contribution is 0.468. The smallest absolute Gasteiger partial charge is 0.143 e. The summed E-state index contributed by atoms with van der Waals surface area (Å²) < 4.78 is 1.27. The van der Waals surface area contributed by atoms with Crippen LogP contribution < -0.4 is 0 Å². The van der Waals surface area contributed by atoms with Crippen LogP contribution in [-0.4, -0.2) is 15.1 Å². The summed E-state index contributed by atoms with van der Waals surface area (Å²) in [7, 11) is 0. The molecule has 0 aliphatic rings. The third-order valence-corrected chi connectivity index (χ3v) is 3.00. The highest BCUT2D eigenvalue weighted by atomic mass is 79.9. The molecule has 2 rings (SSSR count). The number of rotatable bonds is 1. The van der Waals surface area contributed by atoms with Gasteiger partial charge in [-0.05, 0) is 44.0 Å². The van der Waals surface area contributed by atoms with E-state index in [4.69, 9.17) is 0 Å². The number of H-pyrrole nitrogens is 1. The number of halogens is 2.